The molecule has 1 aromatic carbocycles. The highest BCUT2D eigenvalue weighted by atomic mass is 35.5. The maximum Gasteiger partial charge on any atom is 0.164 e. The van der Waals surface area contributed by atoms with E-state index in [1.807, 2.05) is 0 Å². The SMILES string of the molecule is NCc1n[nH]c(COc2ccc(Cl)cc2)n1. The van der Waals surface area contributed by atoms with Crippen molar-refractivity contribution in [1.29, 1.82) is 0 Å². The number of H-pyrrole nitrogens is 1. The Balaban J connectivity index is 1.94. The monoisotopic (exact) mass is 238 g/mol. The minimum Gasteiger partial charge on any atom is -0.486 e. The van der Waals surface area contributed by atoms with Crippen molar-refractivity contribution in [3.8, 4) is 5.75 Å². The van der Waals surface area contributed by atoms with Crippen LogP contribution in [0.1, 0.15) is 11.6 Å². The minimum atomic E-state index is 0.317. The number of halogens is 1. The van der Waals surface area contributed by atoms with Gasteiger partial charge in [0, 0.05) is 5.02 Å². The van der Waals surface area contributed by atoms with Crippen molar-refractivity contribution in [2.75, 3.05) is 0 Å². The van der Waals surface area contributed by atoms with Gasteiger partial charge >= 0.3 is 0 Å². The molecule has 2 rings (SSSR count). The van der Waals surface area contributed by atoms with Gasteiger partial charge in [-0.25, -0.2) is 4.98 Å². The van der Waals surface area contributed by atoms with Gasteiger partial charge in [0.25, 0.3) is 0 Å². The lowest BCUT2D eigenvalue weighted by molar-refractivity contribution is 0.296. The summed E-state index contributed by atoms with van der Waals surface area (Å²) in [5, 5.41) is 7.32. The fourth-order valence-electron chi connectivity index (χ4n) is 1.17. The van der Waals surface area contributed by atoms with Crippen molar-refractivity contribution in [2.24, 2.45) is 5.73 Å². The second-order valence-corrected chi connectivity index (χ2v) is 3.58. The Morgan fingerprint density at radius 2 is 2.06 bits per heavy atom. The molecule has 1 aromatic heterocycles. The molecule has 0 bridgehead atoms. The van der Waals surface area contributed by atoms with Crippen LogP contribution in [0, 0.1) is 0 Å². The molecule has 0 unspecified atom stereocenters. The summed E-state index contributed by atoms with van der Waals surface area (Å²) < 4.78 is 5.47. The molecule has 0 aliphatic carbocycles. The third-order valence-corrected chi connectivity index (χ3v) is 2.20. The number of hydrogen-bond acceptors (Lipinski definition) is 4. The van der Waals surface area contributed by atoms with E-state index in [4.69, 9.17) is 22.1 Å². The summed E-state index contributed by atoms with van der Waals surface area (Å²) in [6.07, 6.45) is 0. The summed E-state index contributed by atoms with van der Waals surface area (Å²) in [7, 11) is 0. The van der Waals surface area contributed by atoms with Crippen LogP contribution in [0.5, 0.6) is 5.75 Å². The van der Waals surface area contributed by atoms with Crippen molar-refractivity contribution < 1.29 is 4.74 Å². The predicted octanol–water partition coefficient (Wildman–Crippen LogP) is 1.50. The first kappa shape index (κ1) is 10.9. The molecule has 0 saturated heterocycles. The van der Waals surface area contributed by atoms with Gasteiger partial charge in [-0.3, -0.25) is 5.10 Å². The van der Waals surface area contributed by atoms with Crippen molar-refractivity contribution in [3.05, 3.63) is 40.9 Å². The molecule has 0 aliphatic heterocycles. The van der Waals surface area contributed by atoms with Crippen LogP contribution in [-0.4, -0.2) is 15.2 Å². The van der Waals surface area contributed by atoms with Crippen LogP contribution in [-0.2, 0) is 13.2 Å². The second-order valence-electron chi connectivity index (χ2n) is 3.15. The zero-order valence-corrected chi connectivity index (χ0v) is 9.24. The molecule has 84 valence electrons. The maximum absolute atomic E-state index is 5.75. The van der Waals surface area contributed by atoms with Crippen molar-refractivity contribution in [3.63, 3.8) is 0 Å². The molecule has 0 saturated carbocycles. The Bertz CT molecular complexity index is 454. The molecule has 3 N–H and O–H groups in total. The van der Waals surface area contributed by atoms with Crippen LogP contribution in [0.25, 0.3) is 0 Å². The highest BCUT2D eigenvalue weighted by molar-refractivity contribution is 6.30. The largest absolute Gasteiger partial charge is 0.486 e. The Hall–Kier alpha value is -1.59. The third kappa shape index (κ3) is 2.71. The summed E-state index contributed by atoms with van der Waals surface area (Å²) in [6, 6.07) is 7.12. The third-order valence-electron chi connectivity index (χ3n) is 1.95. The van der Waals surface area contributed by atoms with Gasteiger partial charge < -0.3 is 10.5 Å². The standard InChI is InChI=1S/C10H11ClN4O/c11-7-1-3-8(4-2-7)16-6-10-13-9(5-12)14-15-10/h1-4H,5-6,12H2,(H,13,14,15). The number of hydrogen-bond donors (Lipinski definition) is 2. The van der Waals surface area contributed by atoms with Crippen molar-refractivity contribution in [1.82, 2.24) is 15.2 Å². The van der Waals surface area contributed by atoms with E-state index < -0.39 is 0 Å². The summed E-state index contributed by atoms with van der Waals surface area (Å²) in [6.45, 7) is 0.645. The molecule has 6 heteroatoms. The number of aromatic nitrogens is 3. The van der Waals surface area contributed by atoms with E-state index in [1.54, 1.807) is 24.3 Å². The Morgan fingerprint density at radius 3 is 2.69 bits per heavy atom. The van der Waals surface area contributed by atoms with Crippen molar-refractivity contribution >= 4 is 11.6 Å². The number of nitrogens with two attached hydrogens (primary N) is 1. The molecule has 1 heterocycles. The van der Waals surface area contributed by atoms with Gasteiger partial charge in [-0.15, -0.1) is 0 Å². The molecule has 0 spiro atoms. The van der Waals surface area contributed by atoms with E-state index in [-0.39, 0.29) is 0 Å². The Labute approximate surface area is 97.6 Å². The van der Waals surface area contributed by atoms with Gasteiger partial charge in [-0.05, 0) is 24.3 Å². The number of nitrogens with zero attached hydrogens (tertiary/aromatic N) is 2. The predicted molar refractivity (Wildman–Crippen MR) is 60.1 cm³/mol. The van der Waals surface area contributed by atoms with Crippen LogP contribution in [0.3, 0.4) is 0 Å². The van der Waals surface area contributed by atoms with Crippen LogP contribution < -0.4 is 10.5 Å². The first-order valence-corrected chi connectivity index (χ1v) is 5.14. The average molecular weight is 239 g/mol. The fourth-order valence-corrected chi connectivity index (χ4v) is 1.30. The zero-order valence-electron chi connectivity index (χ0n) is 8.48. The number of ether oxygens (including phenoxy) is 1. The quantitative estimate of drug-likeness (QED) is 0.846. The Kier molecular flexibility index (Phi) is 3.38. The molecular formula is C10H11ClN4O. The first-order valence-electron chi connectivity index (χ1n) is 4.76. The van der Waals surface area contributed by atoms with E-state index in [2.05, 4.69) is 15.2 Å². The van der Waals surface area contributed by atoms with E-state index in [1.165, 1.54) is 0 Å². The maximum atomic E-state index is 5.75. The van der Waals surface area contributed by atoms with E-state index in [0.717, 1.165) is 5.75 Å². The number of benzene rings is 1. The van der Waals surface area contributed by atoms with Crippen molar-refractivity contribution in [2.45, 2.75) is 13.2 Å². The fraction of sp³-hybridized carbons (Fsp3) is 0.200. The lowest BCUT2D eigenvalue weighted by Crippen LogP contribution is -2.00. The molecule has 16 heavy (non-hydrogen) atoms. The number of aromatic amines is 1. The molecule has 2 aromatic rings. The topological polar surface area (TPSA) is 76.8 Å². The zero-order chi connectivity index (χ0) is 11.4. The summed E-state index contributed by atoms with van der Waals surface area (Å²) >= 11 is 5.75. The van der Waals surface area contributed by atoms with Gasteiger partial charge in [-0.1, -0.05) is 11.6 Å². The Morgan fingerprint density at radius 1 is 1.31 bits per heavy atom. The van der Waals surface area contributed by atoms with E-state index in [0.29, 0.717) is 29.8 Å². The minimum absolute atomic E-state index is 0.317. The van der Waals surface area contributed by atoms with Crippen LogP contribution >= 0.6 is 11.6 Å². The summed E-state index contributed by atoms with van der Waals surface area (Å²) in [5.41, 5.74) is 5.39. The molecule has 0 amide bonds. The lowest BCUT2D eigenvalue weighted by Gasteiger charge is -2.02. The number of rotatable bonds is 4. The summed E-state index contributed by atoms with van der Waals surface area (Å²) in [4.78, 5) is 4.12. The summed E-state index contributed by atoms with van der Waals surface area (Å²) in [5.74, 6) is 1.96. The second kappa shape index (κ2) is 4.96. The number of nitrogens with one attached hydrogen (secondary N) is 1. The van der Waals surface area contributed by atoms with Gasteiger partial charge in [0.15, 0.2) is 11.6 Å². The molecule has 0 fully saturated rings. The molecule has 0 radical (unpaired) electrons. The first-order chi connectivity index (χ1) is 7.78. The van der Waals surface area contributed by atoms with E-state index in [9.17, 15) is 0 Å². The molecular weight excluding hydrogens is 228 g/mol. The van der Waals surface area contributed by atoms with Gasteiger partial charge in [0.05, 0.1) is 6.54 Å². The molecule has 0 atom stereocenters. The normalized spacial score (nSPS) is 10.4. The molecule has 5 nitrogen and oxygen atoms in total. The lowest BCUT2D eigenvalue weighted by atomic mass is 10.3. The smallest absolute Gasteiger partial charge is 0.164 e. The highest BCUT2D eigenvalue weighted by Gasteiger charge is 2.02. The highest BCUT2D eigenvalue weighted by Crippen LogP contribution is 2.16. The molecule has 0 aliphatic rings. The van der Waals surface area contributed by atoms with Crippen LogP contribution in [0.4, 0.5) is 0 Å². The van der Waals surface area contributed by atoms with Crippen LogP contribution in [0.15, 0.2) is 24.3 Å². The average Bonchev–Trinajstić information content (AvgIpc) is 2.76. The van der Waals surface area contributed by atoms with Crippen LogP contribution in [0.2, 0.25) is 5.02 Å². The van der Waals surface area contributed by atoms with Gasteiger partial charge in [0.1, 0.15) is 12.4 Å². The van der Waals surface area contributed by atoms with Gasteiger partial charge in [-0.2, -0.15) is 5.10 Å². The van der Waals surface area contributed by atoms with Gasteiger partial charge in [0.2, 0.25) is 0 Å². The van der Waals surface area contributed by atoms with E-state index >= 15 is 0 Å².